The summed E-state index contributed by atoms with van der Waals surface area (Å²) in [6.45, 7) is 0.926. The number of hydrogen-bond acceptors (Lipinski definition) is 3. The average molecular weight is 430 g/mol. The minimum atomic E-state index is -3.19. The molecule has 0 saturated heterocycles. The summed E-state index contributed by atoms with van der Waals surface area (Å²) < 4.78 is 37.5. The first-order valence-corrected chi connectivity index (χ1v) is 7.94. The van der Waals surface area contributed by atoms with Crippen molar-refractivity contribution in [3.8, 4) is 0 Å². The molecule has 0 aliphatic rings. The van der Waals surface area contributed by atoms with Gasteiger partial charge in [-0.2, -0.15) is 0 Å². The molecule has 0 amide bonds. The molecule has 120 valence electrons. The number of benzene rings is 1. The molecule has 6 nitrogen and oxygen atoms in total. The van der Waals surface area contributed by atoms with Crippen molar-refractivity contribution in [2.75, 3.05) is 26.4 Å². The molecular formula is C12H20FIN4O2S. The van der Waals surface area contributed by atoms with E-state index >= 15 is 0 Å². The molecule has 1 aromatic carbocycles. The Bertz CT molecular complexity index is 566. The van der Waals surface area contributed by atoms with E-state index in [9.17, 15) is 12.8 Å². The lowest BCUT2D eigenvalue weighted by Crippen LogP contribution is -2.41. The highest BCUT2D eigenvalue weighted by molar-refractivity contribution is 14.0. The molecule has 0 aliphatic carbocycles. The number of aliphatic imine (C=N–C) groups is 1. The lowest BCUT2D eigenvalue weighted by Gasteiger charge is -2.12. The van der Waals surface area contributed by atoms with E-state index in [1.807, 2.05) is 0 Å². The number of hydrogen-bond donors (Lipinski definition) is 3. The fourth-order valence-electron chi connectivity index (χ4n) is 1.46. The quantitative estimate of drug-likeness (QED) is 0.268. The third-order valence-corrected chi connectivity index (χ3v) is 3.14. The van der Waals surface area contributed by atoms with Gasteiger partial charge in [0.25, 0.3) is 0 Å². The molecule has 3 N–H and O–H groups in total. The Kier molecular flexibility index (Phi) is 9.46. The maximum atomic E-state index is 13.4. The van der Waals surface area contributed by atoms with E-state index in [0.29, 0.717) is 24.6 Å². The molecule has 0 aromatic heterocycles. The second-order valence-electron chi connectivity index (χ2n) is 4.11. The van der Waals surface area contributed by atoms with Gasteiger partial charge in [0.1, 0.15) is 5.82 Å². The van der Waals surface area contributed by atoms with Crippen LogP contribution in [0, 0.1) is 5.82 Å². The zero-order valence-corrected chi connectivity index (χ0v) is 15.0. The molecule has 1 aromatic rings. The number of nitrogens with one attached hydrogen (secondary N) is 3. The maximum absolute atomic E-state index is 13.4. The van der Waals surface area contributed by atoms with Crippen molar-refractivity contribution >= 4 is 40.0 Å². The van der Waals surface area contributed by atoms with E-state index in [0.717, 1.165) is 6.26 Å². The van der Waals surface area contributed by atoms with Gasteiger partial charge in [0, 0.05) is 32.2 Å². The van der Waals surface area contributed by atoms with Gasteiger partial charge < -0.3 is 10.6 Å². The van der Waals surface area contributed by atoms with E-state index in [1.54, 1.807) is 25.2 Å². The largest absolute Gasteiger partial charge is 0.355 e. The number of guanidine groups is 1. The molecule has 0 heterocycles. The van der Waals surface area contributed by atoms with E-state index < -0.39 is 10.0 Å². The van der Waals surface area contributed by atoms with Gasteiger partial charge in [-0.15, -0.1) is 24.0 Å². The topological polar surface area (TPSA) is 82.6 Å². The number of rotatable bonds is 6. The standard InChI is InChI=1S/C12H19FN4O2S.HI/c1-14-12(15-7-8-17-20(2,18)19)16-9-10-5-3-4-6-11(10)13;/h3-6,17H,7-9H2,1-2H3,(H2,14,15,16);1H. The van der Waals surface area contributed by atoms with E-state index in [-0.39, 0.29) is 36.3 Å². The van der Waals surface area contributed by atoms with Crippen LogP contribution in [0.4, 0.5) is 4.39 Å². The van der Waals surface area contributed by atoms with Gasteiger partial charge in [-0.05, 0) is 6.07 Å². The Morgan fingerprint density at radius 1 is 1.24 bits per heavy atom. The maximum Gasteiger partial charge on any atom is 0.208 e. The summed E-state index contributed by atoms with van der Waals surface area (Å²) in [5.41, 5.74) is 0.532. The summed E-state index contributed by atoms with van der Waals surface area (Å²) >= 11 is 0. The smallest absolute Gasteiger partial charge is 0.208 e. The van der Waals surface area contributed by atoms with Crippen LogP contribution in [-0.2, 0) is 16.6 Å². The van der Waals surface area contributed by atoms with Gasteiger partial charge in [-0.25, -0.2) is 17.5 Å². The highest BCUT2D eigenvalue weighted by atomic mass is 127. The highest BCUT2D eigenvalue weighted by Crippen LogP contribution is 2.05. The molecule has 9 heteroatoms. The van der Waals surface area contributed by atoms with Crippen molar-refractivity contribution in [3.05, 3.63) is 35.6 Å². The fraction of sp³-hybridized carbons (Fsp3) is 0.417. The van der Waals surface area contributed by atoms with Crippen molar-refractivity contribution in [2.24, 2.45) is 4.99 Å². The van der Waals surface area contributed by atoms with Crippen molar-refractivity contribution in [1.29, 1.82) is 0 Å². The van der Waals surface area contributed by atoms with Crippen LogP contribution in [0.5, 0.6) is 0 Å². The highest BCUT2D eigenvalue weighted by Gasteiger charge is 2.03. The molecular weight excluding hydrogens is 410 g/mol. The third-order valence-electron chi connectivity index (χ3n) is 2.41. The van der Waals surface area contributed by atoms with Crippen LogP contribution in [-0.4, -0.2) is 40.8 Å². The summed E-state index contributed by atoms with van der Waals surface area (Å²) in [7, 11) is -1.61. The van der Waals surface area contributed by atoms with Crippen LogP contribution in [0.3, 0.4) is 0 Å². The molecule has 0 fully saturated rings. The van der Waals surface area contributed by atoms with Crippen LogP contribution in [0.1, 0.15) is 5.56 Å². The third kappa shape index (κ3) is 8.83. The van der Waals surface area contributed by atoms with Crippen molar-refractivity contribution in [2.45, 2.75) is 6.54 Å². The molecule has 0 unspecified atom stereocenters. The first kappa shape index (κ1) is 20.1. The van der Waals surface area contributed by atoms with Gasteiger partial charge in [-0.3, -0.25) is 4.99 Å². The first-order valence-electron chi connectivity index (χ1n) is 6.05. The minimum Gasteiger partial charge on any atom is -0.355 e. The van der Waals surface area contributed by atoms with E-state index in [4.69, 9.17) is 0 Å². The molecule has 0 aliphatic heterocycles. The monoisotopic (exact) mass is 430 g/mol. The lowest BCUT2D eigenvalue weighted by molar-refractivity contribution is 0.586. The van der Waals surface area contributed by atoms with E-state index in [1.165, 1.54) is 6.07 Å². The Hall–Kier alpha value is -0.940. The van der Waals surface area contributed by atoms with Crippen LogP contribution in [0.25, 0.3) is 0 Å². The summed E-state index contributed by atoms with van der Waals surface area (Å²) in [6.07, 6.45) is 1.10. The summed E-state index contributed by atoms with van der Waals surface area (Å²) in [5, 5.41) is 5.87. The number of nitrogens with zero attached hydrogens (tertiary/aromatic N) is 1. The summed E-state index contributed by atoms with van der Waals surface area (Å²) in [6, 6.07) is 6.46. The fourth-order valence-corrected chi connectivity index (χ4v) is 1.93. The second kappa shape index (κ2) is 9.90. The molecule has 21 heavy (non-hydrogen) atoms. The van der Waals surface area contributed by atoms with Crippen LogP contribution in [0.15, 0.2) is 29.3 Å². The summed E-state index contributed by atoms with van der Waals surface area (Å²) in [4.78, 5) is 3.96. The molecule has 1 rings (SSSR count). The first-order chi connectivity index (χ1) is 9.42. The van der Waals surface area contributed by atoms with Gasteiger partial charge in [0.2, 0.25) is 10.0 Å². The van der Waals surface area contributed by atoms with E-state index in [2.05, 4.69) is 20.3 Å². The van der Waals surface area contributed by atoms with Crippen molar-refractivity contribution in [3.63, 3.8) is 0 Å². The van der Waals surface area contributed by atoms with Gasteiger partial charge in [0.15, 0.2) is 5.96 Å². The normalized spacial score (nSPS) is 11.7. The zero-order chi connectivity index (χ0) is 15.0. The minimum absolute atomic E-state index is 0. The van der Waals surface area contributed by atoms with Crippen molar-refractivity contribution in [1.82, 2.24) is 15.4 Å². The predicted molar refractivity (Wildman–Crippen MR) is 92.9 cm³/mol. The summed E-state index contributed by atoms with van der Waals surface area (Å²) in [5.74, 6) is 0.192. The van der Waals surface area contributed by atoms with Crippen LogP contribution >= 0.6 is 24.0 Å². The molecule has 0 spiro atoms. The average Bonchev–Trinajstić information content (AvgIpc) is 2.38. The SMILES string of the molecule is CN=C(NCCNS(C)(=O)=O)NCc1ccccc1F.I. The number of halogens is 2. The zero-order valence-electron chi connectivity index (χ0n) is 11.9. The second-order valence-corrected chi connectivity index (χ2v) is 5.94. The van der Waals surface area contributed by atoms with Crippen LogP contribution in [0.2, 0.25) is 0 Å². The molecule has 0 saturated carbocycles. The Labute approximate surface area is 141 Å². The van der Waals surface area contributed by atoms with Gasteiger partial charge in [0.05, 0.1) is 6.26 Å². The molecule has 0 bridgehead atoms. The lowest BCUT2D eigenvalue weighted by atomic mass is 10.2. The molecule has 0 atom stereocenters. The molecule has 0 radical (unpaired) electrons. The Balaban J connectivity index is 0.00000400. The Morgan fingerprint density at radius 3 is 2.48 bits per heavy atom. The van der Waals surface area contributed by atoms with Crippen LogP contribution < -0.4 is 15.4 Å². The Morgan fingerprint density at radius 2 is 1.90 bits per heavy atom. The number of sulfonamides is 1. The predicted octanol–water partition coefficient (Wildman–Crippen LogP) is 0.658. The van der Waals surface area contributed by atoms with Gasteiger partial charge in [-0.1, -0.05) is 18.2 Å². The van der Waals surface area contributed by atoms with Crippen molar-refractivity contribution < 1.29 is 12.8 Å². The van der Waals surface area contributed by atoms with Gasteiger partial charge >= 0.3 is 0 Å².